The van der Waals surface area contributed by atoms with Crippen LogP contribution < -0.4 is 10.5 Å². The molecular weight excluding hydrogens is 253 g/mol. The van der Waals surface area contributed by atoms with Crippen LogP contribution in [0.4, 0.5) is 5.69 Å². The lowest BCUT2D eigenvalue weighted by Crippen LogP contribution is -2.07. The molecule has 72 valence electrons. The molecule has 0 atom stereocenters. The van der Waals surface area contributed by atoms with E-state index in [1.807, 2.05) is 13.8 Å². The minimum atomic E-state index is 0.0703. The molecule has 0 radical (unpaired) electrons. The highest BCUT2D eigenvalue weighted by Gasteiger charge is 2.09. The molecule has 2 nitrogen and oxygen atoms in total. The Balaban J connectivity index is 3.06. The van der Waals surface area contributed by atoms with Gasteiger partial charge in [-0.05, 0) is 26.0 Å². The van der Waals surface area contributed by atoms with Gasteiger partial charge in [0, 0.05) is 4.47 Å². The van der Waals surface area contributed by atoms with Gasteiger partial charge in [-0.15, -0.1) is 0 Å². The van der Waals surface area contributed by atoms with Crippen LogP contribution in [0.25, 0.3) is 0 Å². The van der Waals surface area contributed by atoms with Gasteiger partial charge in [-0.25, -0.2) is 0 Å². The first-order valence-corrected chi connectivity index (χ1v) is 5.09. The first-order valence-electron chi connectivity index (χ1n) is 3.92. The summed E-state index contributed by atoms with van der Waals surface area (Å²) in [5.41, 5.74) is 6.28. The van der Waals surface area contributed by atoms with E-state index in [-0.39, 0.29) is 6.10 Å². The number of benzene rings is 1. The zero-order valence-electron chi connectivity index (χ0n) is 7.47. The Bertz CT molecular complexity index is 291. The standard InChI is InChI=1S/C9H11BrClNO/c1-5(2)13-9-7(11)3-6(10)4-8(9)12/h3-5H,12H2,1-2H3. The van der Waals surface area contributed by atoms with Crippen LogP contribution in [0.1, 0.15) is 13.8 Å². The highest BCUT2D eigenvalue weighted by molar-refractivity contribution is 9.10. The summed E-state index contributed by atoms with van der Waals surface area (Å²) in [6.07, 6.45) is 0.0703. The summed E-state index contributed by atoms with van der Waals surface area (Å²) in [6.45, 7) is 3.86. The summed E-state index contributed by atoms with van der Waals surface area (Å²) >= 11 is 9.24. The maximum absolute atomic E-state index is 5.94. The fourth-order valence-corrected chi connectivity index (χ4v) is 1.82. The molecule has 4 heteroatoms. The fourth-order valence-electron chi connectivity index (χ4n) is 0.940. The lowest BCUT2D eigenvalue weighted by molar-refractivity contribution is 0.244. The zero-order valence-corrected chi connectivity index (χ0v) is 9.82. The third kappa shape index (κ3) is 2.78. The largest absolute Gasteiger partial charge is 0.487 e. The molecule has 2 N–H and O–H groups in total. The average molecular weight is 265 g/mol. The van der Waals surface area contributed by atoms with Gasteiger partial charge in [0.05, 0.1) is 16.8 Å². The predicted octanol–water partition coefficient (Wildman–Crippen LogP) is 3.47. The van der Waals surface area contributed by atoms with E-state index in [4.69, 9.17) is 22.1 Å². The van der Waals surface area contributed by atoms with E-state index in [2.05, 4.69) is 15.9 Å². The number of nitrogen functional groups attached to an aromatic ring is 1. The van der Waals surface area contributed by atoms with Crippen LogP contribution >= 0.6 is 27.5 Å². The van der Waals surface area contributed by atoms with Crippen molar-refractivity contribution in [3.05, 3.63) is 21.6 Å². The van der Waals surface area contributed by atoms with Crippen LogP contribution in [0.15, 0.2) is 16.6 Å². The molecule has 0 saturated heterocycles. The molecule has 0 aliphatic carbocycles. The molecule has 0 unspecified atom stereocenters. The van der Waals surface area contributed by atoms with Gasteiger partial charge in [-0.3, -0.25) is 0 Å². The van der Waals surface area contributed by atoms with E-state index >= 15 is 0 Å². The minimum absolute atomic E-state index is 0.0703. The molecule has 1 aromatic rings. The van der Waals surface area contributed by atoms with Crippen LogP contribution in [0.2, 0.25) is 5.02 Å². The molecule has 13 heavy (non-hydrogen) atoms. The van der Waals surface area contributed by atoms with Crippen molar-refractivity contribution in [2.24, 2.45) is 0 Å². The van der Waals surface area contributed by atoms with Crippen LogP contribution in [-0.4, -0.2) is 6.10 Å². The Morgan fingerprint density at radius 2 is 2.08 bits per heavy atom. The quantitative estimate of drug-likeness (QED) is 0.830. The maximum Gasteiger partial charge on any atom is 0.161 e. The summed E-state index contributed by atoms with van der Waals surface area (Å²) in [6, 6.07) is 3.53. The van der Waals surface area contributed by atoms with Gasteiger partial charge in [-0.1, -0.05) is 27.5 Å². The molecule has 0 aliphatic heterocycles. The van der Waals surface area contributed by atoms with Gasteiger partial charge >= 0.3 is 0 Å². The van der Waals surface area contributed by atoms with Crippen molar-refractivity contribution in [2.75, 3.05) is 5.73 Å². The smallest absolute Gasteiger partial charge is 0.161 e. The Morgan fingerprint density at radius 1 is 1.46 bits per heavy atom. The monoisotopic (exact) mass is 263 g/mol. The lowest BCUT2D eigenvalue weighted by atomic mass is 10.3. The van der Waals surface area contributed by atoms with E-state index in [1.54, 1.807) is 12.1 Å². The van der Waals surface area contributed by atoms with Crippen molar-refractivity contribution in [3.8, 4) is 5.75 Å². The second-order valence-electron chi connectivity index (χ2n) is 2.97. The Labute approximate surface area is 91.2 Å². The van der Waals surface area contributed by atoms with Gasteiger partial charge in [0.2, 0.25) is 0 Å². The molecule has 1 aromatic carbocycles. The lowest BCUT2D eigenvalue weighted by Gasteiger charge is -2.13. The number of ether oxygens (including phenoxy) is 1. The summed E-state index contributed by atoms with van der Waals surface area (Å²) in [5.74, 6) is 0.555. The van der Waals surface area contributed by atoms with Gasteiger partial charge in [0.25, 0.3) is 0 Å². The molecule has 0 spiro atoms. The highest BCUT2D eigenvalue weighted by atomic mass is 79.9. The van der Waals surface area contributed by atoms with E-state index in [0.29, 0.717) is 16.5 Å². The van der Waals surface area contributed by atoms with E-state index < -0.39 is 0 Å². The zero-order chi connectivity index (χ0) is 10.0. The van der Waals surface area contributed by atoms with Gasteiger partial charge < -0.3 is 10.5 Å². The van der Waals surface area contributed by atoms with Crippen LogP contribution in [0.3, 0.4) is 0 Å². The number of halogens is 2. The summed E-state index contributed by atoms with van der Waals surface area (Å²) in [4.78, 5) is 0. The third-order valence-electron chi connectivity index (χ3n) is 1.39. The van der Waals surface area contributed by atoms with Gasteiger partial charge in [-0.2, -0.15) is 0 Å². The molecule has 0 heterocycles. The second-order valence-corrected chi connectivity index (χ2v) is 4.30. The molecule has 1 rings (SSSR count). The number of rotatable bonds is 2. The first-order chi connectivity index (χ1) is 6.00. The predicted molar refractivity (Wildman–Crippen MR) is 59.3 cm³/mol. The number of anilines is 1. The van der Waals surface area contributed by atoms with Crippen molar-refractivity contribution < 1.29 is 4.74 Å². The fraction of sp³-hybridized carbons (Fsp3) is 0.333. The number of nitrogens with two attached hydrogens (primary N) is 1. The molecular formula is C9H11BrClNO. The van der Waals surface area contributed by atoms with Crippen molar-refractivity contribution in [1.82, 2.24) is 0 Å². The SMILES string of the molecule is CC(C)Oc1c(N)cc(Br)cc1Cl. The molecule has 0 aromatic heterocycles. The summed E-state index contributed by atoms with van der Waals surface area (Å²) in [7, 11) is 0. The van der Waals surface area contributed by atoms with Crippen molar-refractivity contribution in [3.63, 3.8) is 0 Å². The minimum Gasteiger partial charge on any atom is -0.487 e. The van der Waals surface area contributed by atoms with Crippen LogP contribution in [0.5, 0.6) is 5.75 Å². The molecule has 0 aliphatic rings. The normalized spacial score (nSPS) is 10.5. The van der Waals surface area contributed by atoms with Gasteiger partial charge in [0.15, 0.2) is 5.75 Å². The maximum atomic E-state index is 5.94. The topological polar surface area (TPSA) is 35.2 Å². The highest BCUT2D eigenvalue weighted by Crippen LogP contribution is 2.34. The van der Waals surface area contributed by atoms with Crippen molar-refractivity contribution in [1.29, 1.82) is 0 Å². The van der Waals surface area contributed by atoms with Crippen molar-refractivity contribution >= 4 is 33.2 Å². The molecule has 0 saturated carbocycles. The Hall–Kier alpha value is -0.410. The van der Waals surface area contributed by atoms with E-state index in [9.17, 15) is 0 Å². The first kappa shape index (κ1) is 10.7. The van der Waals surface area contributed by atoms with Crippen molar-refractivity contribution in [2.45, 2.75) is 20.0 Å². The second kappa shape index (κ2) is 4.20. The van der Waals surface area contributed by atoms with Gasteiger partial charge in [0.1, 0.15) is 0 Å². The molecule has 0 fully saturated rings. The van der Waals surface area contributed by atoms with E-state index in [0.717, 1.165) is 4.47 Å². The average Bonchev–Trinajstić information content (AvgIpc) is 1.96. The Kier molecular flexibility index (Phi) is 3.45. The van der Waals surface area contributed by atoms with Crippen LogP contribution in [-0.2, 0) is 0 Å². The molecule has 0 bridgehead atoms. The summed E-state index contributed by atoms with van der Waals surface area (Å²) < 4.78 is 6.31. The number of hydrogen-bond donors (Lipinski definition) is 1. The number of hydrogen-bond acceptors (Lipinski definition) is 2. The van der Waals surface area contributed by atoms with Crippen LogP contribution in [0, 0.1) is 0 Å². The van der Waals surface area contributed by atoms with E-state index in [1.165, 1.54) is 0 Å². The summed E-state index contributed by atoms with van der Waals surface area (Å²) in [5, 5.41) is 0.528. The Morgan fingerprint density at radius 3 is 2.54 bits per heavy atom. The molecule has 0 amide bonds. The third-order valence-corrected chi connectivity index (χ3v) is 2.13.